The molecule has 0 saturated carbocycles. The van der Waals surface area contributed by atoms with Gasteiger partial charge in [-0.25, -0.2) is 4.57 Å². The summed E-state index contributed by atoms with van der Waals surface area (Å²) < 4.78 is 14.9. The van der Waals surface area contributed by atoms with Gasteiger partial charge in [-0.05, 0) is 38.5 Å². The van der Waals surface area contributed by atoms with E-state index in [1.807, 2.05) is 0 Å². The second kappa shape index (κ2) is 16.4. The Hall–Kier alpha value is -0.410. The first-order valence-electron chi connectivity index (χ1n) is 9.06. The molecular weight excluding hydrogens is 311 g/mol. The summed E-state index contributed by atoms with van der Waals surface area (Å²) in [6.07, 6.45) is 22.8. The Morgan fingerprint density at radius 1 is 0.783 bits per heavy atom. The van der Waals surface area contributed by atoms with Gasteiger partial charge in [-0.3, -0.25) is 4.52 Å². The number of hydrogen-bond acceptors (Lipinski definition) is 2. The van der Waals surface area contributed by atoms with Gasteiger partial charge in [0.15, 0.2) is 0 Å². The van der Waals surface area contributed by atoms with Crippen molar-refractivity contribution < 1.29 is 18.9 Å². The lowest BCUT2D eigenvalue weighted by Gasteiger charge is -2.04. The van der Waals surface area contributed by atoms with Crippen LogP contribution < -0.4 is 0 Å². The van der Waals surface area contributed by atoms with E-state index in [0.717, 1.165) is 32.1 Å². The Balaban J connectivity index is 3.20. The minimum Gasteiger partial charge on any atom is -0.303 e. The molecule has 0 bridgehead atoms. The smallest absolute Gasteiger partial charge is 0.303 e. The van der Waals surface area contributed by atoms with Crippen molar-refractivity contribution in [1.82, 2.24) is 0 Å². The number of hydrogen-bond donors (Lipinski definition) is 2. The molecule has 0 saturated heterocycles. The van der Waals surface area contributed by atoms with Crippen molar-refractivity contribution in [2.24, 2.45) is 0 Å². The maximum Gasteiger partial charge on any atom is 0.469 e. The van der Waals surface area contributed by atoms with E-state index in [2.05, 4.69) is 35.8 Å². The lowest BCUT2D eigenvalue weighted by atomic mass is 10.1. The molecule has 0 atom stereocenters. The van der Waals surface area contributed by atoms with Gasteiger partial charge in [-0.15, -0.1) is 0 Å². The highest BCUT2D eigenvalue weighted by Gasteiger charge is 2.12. The molecule has 136 valence electrons. The summed E-state index contributed by atoms with van der Waals surface area (Å²) in [4.78, 5) is 17.0. The van der Waals surface area contributed by atoms with E-state index in [1.54, 1.807) is 0 Å². The van der Waals surface area contributed by atoms with Crippen molar-refractivity contribution in [2.75, 3.05) is 6.61 Å². The zero-order valence-corrected chi connectivity index (χ0v) is 15.6. The lowest BCUT2D eigenvalue weighted by Crippen LogP contribution is -1.92. The molecule has 0 fully saturated rings. The first kappa shape index (κ1) is 22.6. The Bertz CT molecular complexity index is 347. The molecule has 0 aliphatic rings. The van der Waals surface area contributed by atoms with Gasteiger partial charge < -0.3 is 9.79 Å². The highest BCUT2D eigenvalue weighted by atomic mass is 31.2. The topological polar surface area (TPSA) is 66.8 Å². The molecule has 0 aromatic rings. The second-order valence-corrected chi connectivity index (χ2v) is 7.15. The van der Waals surface area contributed by atoms with Gasteiger partial charge in [0.05, 0.1) is 6.61 Å². The molecule has 0 aliphatic heterocycles. The quantitative estimate of drug-likeness (QED) is 0.207. The van der Waals surface area contributed by atoms with Gasteiger partial charge in [-0.2, -0.15) is 0 Å². The Morgan fingerprint density at radius 3 is 1.87 bits per heavy atom. The van der Waals surface area contributed by atoms with Crippen molar-refractivity contribution in [2.45, 2.75) is 84.0 Å². The fourth-order valence-corrected chi connectivity index (χ4v) is 2.64. The zero-order valence-electron chi connectivity index (χ0n) is 14.7. The molecule has 0 radical (unpaired) electrons. The van der Waals surface area contributed by atoms with Crippen LogP contribution >= 0.6 is 7.82 Å². The van der Waals surface area contributed by atoms with E-state index >= 15 is 0 Å². The number of allylic oxidation sites excluding steroid dienone is 4. The molecule has 0 unspecified atom stereocenters. The van der Waals surface area contributed by atoms with Gasteiger partial charge in [0.25, 0.3) is 0 Å². The van der Waals surface area contributed by atoms with E-state index in [9.17, 15) is 4.57 Å². The van der Waals surface area contributed by atoms with Crippen LogP contribution in [-0.2, 0) is 9.09 Å². The summed E-state index contributed by atoms with van der Waals surface area (Å²) >= 11 is 0. The van der Waals surface area contributed by atoms with Crippen molar-refractivity contribution in [3.63, 3.8) is 0 Å². The van der Waals surface area contributed by atoms with Gasteiger partial charge in [0.1, 0.15) is 0 Å². The van der Waals surface area contributed by atoms with Crippen LogP contribution in [0.1, 0.15) is 84.0 Å². The minimum atomic E-state index is -4.27. The summed E-state index contributed by atoms with van der Waals surface area (Å²) in [7, 11) is -4.27. The molecule has 0 heterocycles. The predicted molar refractivity (Wildman–Crippen MR) is 97.4 cm³/mol. The molecule has 4 nitrogen and oxygen atoms in total. The standard InChI is InChI=1S/C18H35O4P/c1-2-3-4-5-6-7-8-9-10-11-12-13-14-15-16-17-18-22-23(19,20)21/h6-7,9-10H,2-5,8,11-18H2,1H3,(H2,19,20,21)/b7-6-,10-9-. The molecule has 5 heteroatoms. The number of rotatable bonds is 16. The van der Waals surface area contributed by atoms with E-state index in [1.165, 1.54) is 44.9 Å². The Kier molecular flexibility index (Phi) is 16.2. The third-order valence-electron chi connectivity index (χ3n) is 3.60. The van der Waals surface area contributed by atoms with Crippen LogP contribution in [0.5, 0.6) is 0 Å². The van der Waals surface area contributed by atoms with Crippen molar-refractivity contribution in [3.8, 4) is 0 Å². The summed E-state index contributed by atoms with van der Waals surface area (Å²) in [6, 6.07) is 0. The van der Waals surface area contributed by atoms with Crippen LogP contribution in [0.2, 0.25) is 0 Å². The van der Waals surface area contributed by atoms with Crippen molar-refractivity contribution in [1.29, 1.82) is 0 Å². The van der Waals surface area contributed by atoms with Crippen LogP contribution in [0.4, 0.5) is 0 Å². The largest absolute Gasteiger partial charge is 0.469 e. The molecule has 23 heavy (non-hydrogen) atoms. The SMILES string of the molecule is CCCCC/C=C\C/C=C\CCCCCCCCOP(=O)(O)O. The average Bonchev–Trinajstić information content (AvgIpc) is 2.49. The third-order valence-corrected chi connectivity index (χ3v) is 4.12. The number of phosphoric acid groups is 1. The summed E-state index contributed by atoms with van der Waals surface area (Å²) in [5.74, 6) is 0. The lowest BCUT2D eigenvalue weighted by molar-refractivity contribution is 0.193. The molecule has 0 spiro atoms. The summed E-state index contributed by atoms with van der Waals surface area (Å²) in [6.45, 7) is 2.38. The van der Waals surface area contributed by atoms with Crippen LogP contribution in [0.3, 0.4) is 0 Å². The van der Waals surface area contributed by atoms with E-state index < -0.39 is 7.82 Å². The molecular formula is C18H35O4P. The average molecular weight is 346 g/mol. The van der Waals surface area contributed by atoms with Gasteiger partial charge in [0, 0.05) is 0 Å². The first-order chi connectivity index (χ1) is 11.1. The first-order valence-corrected chi connectivity index (χ1v) is 10.6. The Labute approximate surface area is 142 Å². The fraction of sp³-hybridized carbons (Fsp3) is 0.778. The fourth-order valence-electron chi connectivity index (χ4n) is 2.27. The van der Waals surface area contributed by atoms with E-state index in [-0.39, 0.29) is 6.61 Å². The minimum absolute atomic E-state index is 0.152. The third kappa shape index (κ3) is 21.6. The van der Waals surface area contributed by atoms with Gasteiger partial charge in [-0.1, -0.05) is 69.8 Å². The van der Waals surface area contributed by atoms with Crippen LogP contribution in [-0.4, -0.2) is 16.4 Å². The van der Waals surface area contributed by atoms with Gasteiger partial charge in [0.2, 0.25) is 0 Å². The molecule has 2 N–H and O–H groups in total. The Morgan fingerprint density at radius 2 is 1.30 bits per heavy atom. The van der Waals surface area contributed by atoms with Crippen LogP contribution in [0.25, 0.3) is 0 Å². The molecule has 0 aliphatic carbocycles. The molecule has 0 rings (SSSR count). The van der Waals surface area contributed by atoms with E-state index in [0.29, 0.717) is 0 Å². The van der Waals surface area contributed by atoms with E-state index in [4.69, 9.17) is 9.79 Å². The van der Waals surface area contributed by atoms with Crippen LogP contribution in [0.15, 0.2) is 24.3 Å². The maximum atomic E-state index is 10.5. The van der Waals surface area contributed by atoms with Crippen molar-refractivity contribution in [3.05, 3.63) is 24.3 Å². The summed E-state index contributed by atoms with van der Waals surface area (Å²) in [5.41, 5.74) is 0. The van der Waals surface area contributed by atoms with Crippen molar-refractivity contribution >= 4 is 7.82 Å². The zero-order chi connectivity index (χ0) is 17.2. The molecule has 0 aromatic carbocycles. The highest BCUT2D eigenvalue weighted by molar-refractivity contribution is 7.46. The normalized spacial score (nSPS) is 12.7. The number of unbranched alkanes of at least 4 members (excludes halogenated alkanes) is 9. The van der Waals surface area contributed by atoms with Gasteiger partial charge >= 0.3 is 7.82 Å². The predicted octanol–water partition coefficient (Wildman–Crippen LogP) is 5.91. The second-order valence-electron chi connectivity index (χ2n) is 5.91. The monoisotopic (exact) mass is 346 g/mol. The summed E-state index contributed by atoms with van der Waals surface area (Å²) in [5, 5.41) is 0. The molecule has 0 amide bonds. The molecule has 0 aromatic heterocycles. The number of phosphoric ester groups is 1. The highest BCUT2D eigenvalue weighted by Crippen LogP contribution is 2.35. The van der Waals surface area contributed by atoms with Crippen LogP contribution in [0, 0.1) is 0 Å². The maximum absolute atomic E-state index is 10.5.